The maximum Gasteiger partial charge on any atom is 0.0705 e. The number of aromatic amines is 1. The van der Waals surface area contributed by atoms with Crippen molar-refractivity contribution in [2.75, 3.05) is 0 Å². The van der Waals surface area contributed by atoms with Gasteiger partial charge in [-0.3, -0.25) is 0 Å². The van der Waals surface area contributed by atoms with Gasteiger partial charge in [0.15, 0.2) is 0 Å². The van der Waals surface area contributed by atoms with Crippen LogP contribution in [-0.4, -0.2) is 4.98 Å². The number of benzene rings is 1. The Morgan fingerprint density at radius 2 is 2.05 bits per heavy atom. The van der Waals surface area contributed by atoms with Crippen LogP contribution in [0, 0.1) is 6.92 Å². The summed E-state index contributed by atoms with van der Waals surface area (Å²) in [4.78, 5) is 3.37. The summed E-state index contributed by atoms with van der Waals surface area (Å²) in [6.07, 6.45) is 0. The van der Waals surface area contributed by atoms with Crippen LogP contribution < -0.4 is 5.32 Å². The van der Waals surface area contributed by atoms with Gasteiger partial charge in [-0.25, -0.2) is 0 Å². The molecule has 2 heterocycles. The first-order valence-corrected chi connectivity index (χ1v) is 7.55. The molecule has 0 aliphatic rings. The van der Waals surface area contributed by atoms with Crippen LogP contribution in [0.3, 0.4) is 0 Å². The Morgan fingerprint density at radius 3 is 2.79 bits per heavy atom. The molecule has 98 valence electrons. The molecule has 0 spiro atoms. The normalized spacial score (nSPS) is 11.3. The first kappa shape index (κ1) is 12.7. The SMILES string of the molecule is Cc1cscc1CNCc1[nH]c2ccccc2c1Cl. The molecule has 0 amide bonds. The smallest absolute Gasteiger partial charge is 0.0705 e. The molecule has 0 atom stereocenters. The number of hydrogen-bond acceptors (Lipinski definition) is 2. The summed E-state index contributed by atoms with van der Waals surface area (Å²) >= 11 is 8.13. The summed E-state index contributed by atoms with van der Waals surface area (Å²) in [5.41, 5.74) is 4.85. The summed E-state index contributed by atoms with van der Waals surface area (Å²) < 4.78 is 0. The van der Waals surface area contributed by atoms with E-state index in [4.69, 9.17) is 11.6 Å². The number of aryl methyl sites for hydroxylation is 1. The fraction of sp³-hybridized carbons (Fsp3) is 0.200. The first-order valence-electron chi connectivity index (χ1n) is 6.23. The minimum atomic E-state index is 0.753. The van der Waals surface area contributed by atoms with Gasteiger partial charge in [-0.2, -0.15) is 11.3 Å². The van der Waals surface area contributed by atoms with Crippen molar-refractivity contribution in [1.82, 2.24) is 10.3 Å². The number of para-hydroxylation sites is 1. The van der Waals surface area contributed by atoms with Gasteiger partial charge in [-0.1, -0.05) is 29.8 Å². The molecule has 0 radical (unpaired) electrons. The van der Waals surface area contributed by atoms with Gasteiger partial charge in [0.25, 0.3) is 0 Å². The maximum atomic E-state index is 6.38. The largest absolute Gasteiger partial charge is 0.356 e. The summed E-state index contributed by atoms with van der Waals surface area (Å²) in [6, 6.07) is 8.11. The monoisotopic (exact) mass is 290 g/mol. The second kappa shape index (κ2) is 5.37. The number of thiophene rings is 1. The second-order valence-electron chi connectivity index (χ2n) is 4.65. The third kappa shape index (κ3) is 2.54. The molecule has 19 heavy (non-hydrogen) atoms. The lowest BCUT2D eigenvalue weighted by Gasteiger charge is -2.03. The van der Waals surface area contributed by atoms with Gasteiger partial charge in [-0.05, 0) is 34.9 Å². The lowest BCUT2D eigenvalue weighted by molar-refractivity contribution is 0.683. The minimum absolute atomic E-state index is 0.753. The van der Waals surface area contributed by atoms with E-state index < -0.39 is 0 Å². The molecule has 3 aromatic rings. The molecular weight excluding hydrogens is 276 g/mol. The van der Waals surface area contributed by atoms with Crippen molar-refractivity contribution in [3.63, 3.8) is 0 Å². The summed E-state index contributed by atoms with van der Waals surface area (Å²) in [7, 11) is 0. The highest BCUT2D eigenvalue weighted by Crippen LogP contribution is 2.27. The highest BCUT2D eigenvalue weighted by Gasteiger charge is 2.08. The molecule has 3 rings (SSSR count). The van der Waals surface area contributed by atoms with Crippen LogP contribution in [0.1, 0.15) is 16.8 Å². The molecule has 0 saturated heterocycles. The van der Waals surface area contributed by atoms with Gasteiger partial charge < -0.3 is 10.3 Å². The highest BCUT2D eigenvalue weighted by molar-refractivity contribution is 7.08. The van der Waals surface area contributed by atoms with Crippen LogP contribution in [0.25, 0.3) is 10.9 Å². The predicted octanol–water partition coefficient (Wildman–Crippen LogP) is 4.48. The van der Waals surface area contributed by atoms with Gasteiger partial charge in [0, 0.05) is 29.7 Å². The number of nitrogens with one attached hydrogen (secondary N) is 2. The van der Waals surface area contributed by atoms with Crippen LogP contribution in [0.2, 0.25) is 5.02 Å². The molecule has 0 fully saturated rings. The van der Waals surface area contributed by atoms with E-state index in [1.54, 1.807) is 11.3 Å². The van der Waals surface area contributed by atoms with E-state index >= 15 is 0 Å². The zero-order valence-electron chi connectivity index (χ0n) is 10.7. The molecule has 0 aliphatic heterocycles. The molecule has 0 aliphatic carbocycles. The van der Waals surface area contributed by atoms with Crippen molar-refractivity contribution in [2.45, 2.75) is 20.0 Å². The van der Waals surface area contributed by atoms with Crippen LogP contribution in [-0.2, 0) is 13.1 Å². The molecule has 2 N–H and O–H groups in total. The van der Waals surface area contributed by atoms with E-state index in [0.717, 1.165) is 34.7 Å². The van der Waals surface area contributed by atoms with E-state index in [2.05, 4.69) is 28.0 Å². The Kier molecular flexibility index (Phi) is 3.60. The van der Waals surface area contributed by atoms with Crippen molar-refractivity contribution in [2.24, 2.45) is 0 Å². The molecule has 0 unspecified atom stereocenters. The molecule has 1 aromatic carbocycles. The number of aromatic nitrogens is 1. The lowest BCUT2D eigenvalue weighted by atomic mass is 10.2. The zero-order chi connectivity index (χ0) is 13.2. The lowest BCUT2D eigenvalue weighted by Crippen LogP contribution is -2.13. The Labute approximate surface area is 121 Å². The first-order chi connectivity index (χ1) is 9.25. The number of halogens is 1. The number of hydrogen-bond donors (Lipinski definition) is 2. The molecule has 2 nitrogen and oxygen atoms in total. The van der Waals surface area contributed by atoms with Crippen LogP contribution in [0.15, 0.2) is 35.0 Å². The number of H-pyrrole nitrogens is 1. The molecule has 0 saturated carbocycles. The Balaban J connectivity index is 1.72. The van der Waals surface area contributed by atoms with E-state index in [1.165, 1.54) is 11.1 Å². The van der Waals surface area contributed by atoms with Gasteiger partial charge in [0.2, 0.25) is 0 Å². The second-order valence-corrected chi connectivity index (χ2v) is 5.77. The third-order valence-corrected chi connectivity index (χ3v) is 4.63. The molecule has 4 heteroatoms. The van der Waals surface area contributed by atoms with Gasteiger partial charge in [0.05, 0.1) is 5.02 Å². The van der Waals surface area contributed by atoms with Crippen LogP contribution in [0.4, 0.5) is 0 Å². The van der Waals surface area contributed by atoms with E-state index in [-0.39, 0.29) is 0 Å². The van der Waals surface area contributed by atoms with Crippen molar-refractivity contribution in [3.8, 4) is 0 Å². The summed E-state index contributed by atoms with van der Waals surface area (Å²) in [5.74, 6) is 0. The van der Waals surface area contributed by atoms with E-state index in [0.29, 0.717) is 0 Å². The maximum absolute atomic E-state index is 6.38. The minimum Gasteiger partial charge on any atom is -0.356 e. The van der Waals surface area contributed by atoms with Crippen molar-refractivity contribution >= 4 is 33.8 Å². The quantitative estimate of drug-likeness (QED) is 0.728. The van der Waals surface area contributed by atoms with E-state index in [9.17, 15) is 0 Å². The molecular formula is C15H15ClN2S. The van der Waals surface area contributed by atoms with Crippen molar-refractivity contribution < 1.29 is 0 Å². The summed E-state index contributed by atoms with van der Waals surface area (Å²) in [5, 5.41) is 9.72. The summed E-state index contributed by atoms with van der Waals surface area (Å²) in [6.45, 7) is 3.77. The number of fused-ring (bicyclic) bond motifs is 1. The Bertz CT molecular complexity index is 699. The van der Waals surface area contributed by atoms with Gasteiger partial charge in [0.1, 0.15) is 0 Å². The predicted molar refractivity (Wildman–Crippen MR) is 82.9 cm³/mol. The zero-order valence-corrected chi connectivity index (χ0v) is 12.2. The standard InChI is InChI=1S/C15H15ClN2S/c1-10-8-19-9-11(10)6-17-7-14-15(16)12-4-2-3-5-13(12)18-14/h2-5,8-9,17-18H,6-7H2,1H3. The highest BCUT2D eigenvalue weighted by atomic mass is 35.5. The third-order valence-electron chi connectivity index (χ3n) is 3.29. The fourth-order valence-electron chi connectivity index (χ4n) is 2.18. The van der Waals surface area contributed by atoms with E-state index in [1.807, 2.05) is 24.3 Å². The van der Waals surface area contributed by atoms with Crippen LogP contribution >= 0.6 is 22.9 Å². The Morgan fingerprint density at radius 1 is 1.21 bits per heavy atom. The average Bonchev–Trinajstić information content (AvgIpc) is 2.96. The fourth-order valence-corrected chi connectivity index (χ4v) is 3.31. The van der Waals surface area contributed by atoms with Gasteiger partial charge >= 0.3 is 0 Å². The average molecular weight is 291 g/mol. The topological polar surface area (TPSA) is 27.8 Å². The Hall–Kier alpha value is -1.29. The van der Waals surface area contributed by atoms with Crippen molar-refractivity contribution in [3.05, 3.63) is 56.9 Å². The number of rotatable bonds is 4. The van der Waals surface area contributed by atoms with Crippen LogP contribution in [0.5, 0.6) is 0 Å². The van der Waals surface area contributed by atoms with Gasteiger partial charge in [-0.15, -0.1) is 0 Å². The molecule has 2 aromatic heterocycles. The molecule has 0 bridgehead atoms. The van der Waals surface area contributed by atoms with Crippen molar-refractivity contribution in [1.29, 1.82) is 0 Å².